The number of carbonyl (C=O) groups is 10. The van der Waals surface area contributed by atoms with Crippen LogP contribution >= 0.6 is 24.4 Å². The Kier molecular flexibility index (Phi) is 28.5. The zero-order valence-electron chi connectivity index (χ0n) is 57.2. The van der Waals surface area contributed by atoms with Gasteiger partial charge in [0.1, 0.15) is 40.3 Å². The molecule has 11 atom stereocenters. The molecule has 12 N–H and O–H groups in total. The number of hydrogen-bond acceptors (Lipinski definition) is 24. The molecule has 0 aromatic heterocycles. The normalized spacial score (nSPS) is 24.0. The summed E-state index contributed by atoms with van der Waals surface area (Å²) in [4.78, 5) is 129. The van der Waals surface area contributed by atoms with Crippen molar-refractivity contribution in [1.82, 2.24) is 38.5 Å². The average molecular weight is 1630 g/mol. The molecule has 27 nitrogen and oxygen atoms in total. The number of esters is 4. The van der Waals surface area contributed by atoms with E-state index in [2.05, 4.69) is 16.2 Å². The van der Waals surface area contributed by atoms with Gasteiger partial charge in [0, 0.05) is 68.3 Å². The number of hydrogen-bond donors (Lipinski definition) is 8. The van der Waals surface area contributed by atoms with E-state index in [-0.39, 0.29) is 87.9 Å². The molecule has 1 heterocycles. The summed E-state index contributed by atoms with van der Waals surface area (Å²) in [5.74, 6) is -10.8. The summed E-state index contributed by atoms with van der Waals surface area (Å²) in [5.41, 5.74) is -1.92. The van der Waals surface area contributed by atoms with Gasteiger partial charge in [0.2, 0.25) is 11.8 Å². The van der Waals surface area contributed by atoms with Gasteiger partial charge in [-0.15, -0.1) is 0 Å². The number of carbonyl (C=O) groups excluding carboxylic acids is 10. The molecule has 548 valence electrons. The number of amides is 3. The molecule has 3 saturated carbocycles. The second kappa shape index (κ2) is 34.8. The van der Waals surface area contributed by atoms with E-state index in [1.54, 1.807) is 107 Å². The molecule has 3 amide bonds. The van der Waals surface area contributed by atoms with E-state index < -0.39 is 142 Å². The zero-order chi connectivity index (χ0) is 72.5. The van der Waals surface area contributed by atoms with Crippen LogP contribution in [0.2, 0.25) is 0 Å². The van der Waals surface area contributed by atoms with Crippen LogP contribution in [0.4, 0.5) is 0 Å². The molecule has 0 unspecified atom stereocenters. The predicted molar refractivity (Wildman–Crippen MR) is 367 cm³/mol. The Hall–Kier alpha value is -9.03. The number of ether oxygens (including phenoxy) is 5. The number of thiocarbonyl (C=S) groups is 2. The van der Waals surface area contributed by atoms with Gasteiger partial charge in [0.25, 0.3) is 5.91 Å². The van der Waals surface area contributed by atoms with E-state index in [4.69, 9.17) is 48.1 Å². The topological polar surface area (TPSA) is 436 Å². The molecule has 4 fully saturated rings. The number of rotatable bonds is 16. The average Bonchev–Trinajstić information content (AvgIpc) is 0.669. The number of carboxylic acids is 2. The number of benzene rings is 5. The Labute approximate surface area is 614 Å². The fraction of sp³-hybridized carbons (Fsp3) is 0.389. The van der Waals surface area contributed by atoms with Crippen molar-refractivity contribution in [2.45, 2.75) is 134 Å². The number of aliphatic hydroxyl groups excluding tert-OH is 2. The molecular formula is C72H83N7O20PtS2. The maximum absolute atomic E-state index is 15.5. The van der Waals surface area contributed by atoms with Crippen LogP contribution in [0.3, 0.4) is 0 Å². The quantitative estimate of drug-likeness (QED) is 0.0174. The van der Waals surface area contributed by atoms with Gasteiger partial charge in [-0.25, -0.2) is 9.59 Å². The van der Waals surface area contributed by atoms with Crippen LogP contribution in [-0.4, -0.2) is 163 Å². The molecular weight excluding hydrogens is 1540 g/mol. The van der Waals surface area contributed by atoms with Crippen LogP contribution in [0.15, 0.2) is 163 Å². The monoisotopic (exact) mass is 1620 g/mol. The number of aliphatic hydroxyl groups is 3. The summed E-state index contributed by atoms with van der Waals surface area (Å²) < 4.78 is 30.3. The molecule has 102 heavy (non-hydrogen) atoms. The Morgan fingerprint density at radius 2 is 1.13 bits per heavy atom. The first-order valence-corrected chi connectivity index (χ1v) is 32.4. The molecule has 1 aliphatic heterocycles. The van der Waals surface area contributed by atoms with Crippen LogP contribution in [0, 0.1) is 22.2 Å². The van der Waals surface area contributed by atoms with E-state index in [0.29, 0.717) is 22.0 Å². The van der Waals surface area contributed by atoms with Gasteiger partial charge in [-0.3, -0.25) is 49.6 Å². The minimum absolute atomic E-state index is 0. The summed E-state index contributed by atoms with van der Waals surface area (Å²) in [6, 6.07) is 41.5. The van der Waals surface area contributed by atoms with Crippen LogP contribution in [-0.2, 0) is 83.1 Å². The first kappa shape index (κ1) is 83.6. The Morgan fingerprint density at radius 1 is 0.676 bits per heavy atom. The number of ketones is 1. The summed E-state index contributed by atoms with van der Waals surface area (Å²) >= 11 is 10.6. The number of nitrogens with one attached hydrogen (secondary N) is 3. The van der Waals surface area contributed by atoms with Gasteiger partial charge >= 0.3 is 44.9 Å². The van der Waals surface area contributed by atoms with Crippen molar-refractivity contribution in [3.63, 3.8) is 0 Å². The van der Waals surface area contributed by atoms with Crippen molar-refractivity contribution >= 4 is 93.7 Å². The fourth-order valence-corrected chi connectivity index (χ4v) is 13.8. The molecule has 4 aliphatic carbocycles. The van der Waals surface area contributed by atoms with Gasteiger partial charge in [-0.1, -0.05) is 172 Å². The summed E-state index contributed by atoms with van der Waals surface area (Å²) in [6.07, 6.45) is -9.94. The molecule has 0 radical (unpaired) electrons. The minimum Gasteiger partial charge on any atom is -0.549 e. The van der Waals surface area contributed by atoms with Gasteiger partial charge in [0.15, 0.2) is 23.6 Å². The Bertz CT molecular complexity index is 3850. The van der Waals surface area contributed by atoms with Gasteiger partial charge in [-0.05, 0) is 67.7 Å². The van der Waals surface area contributed by atoms with Crippen molar-refractivity contribution in [1.29, 1.82) is 0 Å². The molecule has 10 rings (SSSR count). The number of Topliss-reactive ketones (excluding diaryl/α,β-unsaturated/α-hetero) is 1. The maximum atomic E-state index is 15.5. The number of aliphatic carboxylic acids is 2. The SMILES string of the molecule is CC(=O)O[C@H]1C(=O)[C@@]2(C)[C@H]([C@H](OC(=O)c3ccccc3)[C@]3(O)C[C@H](OC(=O)[C@H](O)[C@@H](NC(=O)c4ccccc4)c4ccccc4)C(C)=C1C3(C)C)[C@]1(OC(C)=O)CO[C@@H]1C[C@@H]2O.CN(NC(=O)CC(=O)NN(C)C(=S)c1ccccc1)C(=S)c1ccccc1.N.N.O=C([O-])C1(C(=O)[O-])CCC1.[Pt+2]. The largest absolute Gasteiger partial charge is 2.00 e. The van der Waals surface area contributed by atoms with E-state index in [0.717, 1.165) is 25.0 Å². The van der Waals surface area contributed by atoms with E-state index in [1.165, 1.54) is 36.0 Å². The fourth-order valence-electron chi connectivity index (χ4n) is 13.5. The second-order valence-electron chi connectivity index (χ2n) is 25.6. The van der Waals surface area contributed by atoms with E-state index in [1.807, 2.05) is 60.7 Å². The van der Waals surface area contributed by atoms with Crippen molar-refractivity contribution in [2.24, 2.45) is 22.2 Å². The first-order valence-electron chi connectivity index (χ1n) is 31.6. The zero-order valence-corrected chi connectivity index (χ0v) is 61.1. The van der Waals surface area contributed by atoms with Crippen LogP contribution in [0.1, 0.15) is 124 Å². The van der Waals surface area contributed by atoms with Crippen molar-refractivity contribution in [2.75, 3.05) is 20.7 Å². The third kappa shape index (κ3) is 17.4. The van der Waals surface area contributed by atoms with Crippen LogP contribution < -0.4 is 38.7 Å². The van der Waals surface area contributed by atoms with Crippen LogP contribution in [0.25, 0.3) is 0 Å². The van der Waals surface area contributed by atoms with Crippen molar-refractivity contribution in [3.8, 4) is 0 Å². The predicted octanol–water partition coefficient (Wildman–Crippen LogP) is 3.77. The van der Waals surface area contributed by atoms with Gasteiger partial charge in [-0.2, -0.15) is 0 Å². The Balaban J connectivity index is 0.000000385. The summed E-state index contributed by atoms with van der Waals surface area (Å²) in [6.45, 7) is 7.97. The molecule has 5 aromatic carbocycles. The van der Waals surface area contributed by atoms with Gasteiger partial charge in [0.05, 0.1) is 47.6 Å². The number of nitrogens with zero attached hydrogens (tertiary/aromatic N) is 2. The molecule has 0 spiro atoms. The molecule has 30 heteroatoms. The third-order valence-corrected chi connectivity index (χ3v) is 20.0. The van der Waals surface area contributed by atoms with Gasteiger partial charge < -0.3 is 76.4 Å². The number of fused-ring (bicyclic) bond motifs is 5. The van der Waals surface area contributed by atoms with E-state index in [9.17, 15) is 68.7 Å². The third-order valence-electron chi connectivity index (χ3n) is 19.0. The van der Waals surface area contributed by atoms with Crippen molar-refractivity contribution in [3.05, 3.63) is 191 Å². The molecule has 1 saturated heterocycles. The van der Waals surface area contributed by atoms with Crippen molar-refractivity contribution < 1.29 is 118 Å². The number of carboxylic acid groups (broad SMARTS) is 2. The molecule has 2 bridgehead atoms. The molecule has 5 aromatic rings. The smallest absolute Gasteiger partial charge is 0.549 e. The van der Waals surface area contributed by atoms with Crippen LogP contribution in [0.5, 0.6) is 0 Å². The number of hydrazine groups is 2. The Morgan fingerprint density at radius 3 is 1.53 bits per heavy atom. The summed E-state index contributed by atoms with van der Waals surface area (Å²) in [7, 11) is 3.25. The summed E-state index contributed by atoms with van der Waals surface area (Å²) in [5, 5.41) is 63.5. The standard InChI is InChI=1S/C47H51NO14.C19H20N4O2S2.C6H8O4.2H3N.Pt/c1-25-31(60-43(56)36(52)35(28-16-10-7-11-17-28)48-41(54)29-18-12-8-13-19-29)23-47(57)40(61-42(55)30-20-14-9-15-21-30)38-45(6,32(51)22-33-46(38,24-58-33)62-27(3)50)39(53)37(59-26(2)49)34(25)44(47,4)5;1-22(18(26)14-9-5-3-6-10-14)20-16(24)13-17(25)21-23(2)19(27)15-11-7-4-8-12-15;7-4(8)6(5(9)10)2-1-3-6;;;/h7-21,31-33,35-38,40,51-52,57H,22-24H2,1-6H3,(H,48,54);3-12H,13H2,1-2H3,(H,20,24)(H,21,25);1-3H2,(H,7,8)(H,9,10);2*1H3;/q;;;;;+2/p-2/t31-,32-,33+,35-,36+,37+,38-,40-,45+,46-,47+;;;;;/m0...../s1. The molecule has 5 aliphatic rings. The maximum Gasteiger partial charge on any atom is 2.00 e. The second-order valence-corrected chi connectivity index (χ2v) is 26.3. The van der Waals surface area contributed by atoms with E-state index >= 15 is 4.79 Å². The minimum atomic E-state index is -2.39. The first-order chi connectivity index (χ1) is 46.7.